The Balaban J connectivity index is 1.99. The first-order valence-electron chi connectivity index (χ1n) is 8.20. The number of sulfonamides is 1. The third-order valence-electron chi connectivity index (χ3n) is 4.49. The van der Waals surface area contributed by atoms with Gasteiger partial charge in [-0.2, -0.15) is 4.31 Å². The normalized spacial score (nSPS) is 21.5. The molecule has 3 atom stereocenters. The SMILES string of the molecule is Cc1ccc(S(=O)(=O)N2[C@H](C(=O)N(C)C)[C@@H]2c2ccc([N+](=O)[O-])cc2)cc1. The van der Waals surface area contributed by atoms with Gasteiger partial charge in [0.15, 0.2) is 0 Å². The molecule has 3 rings (SSSR count). The molecule has 0 aromatic heterocycles. The molecule has 9 heteroatoms. The van der Waals surface area contributed by atoms with Crippen molar-refractivity contribution in [3.63, 3.8) is 0 Å². The van der Waals surface area contributed by atoms with Crippen LogP contribution in [0.1, 0.15) is 17.2 Å². The summed E-state index contributed by atoms with van der Waals surface area (Å²) < 4.78 is 27.3. The molecule has 0 saturated carbocycles. The Morgan fingerprint density at radius 1 is 1.07 bits per heavy atom. The Morgan fingerprint density at radius 2 is 1.63 bits per heavy atom. The van der Waals surface area contributed by atoms with E-state index in [9.17, 15) is 23.3 Å². The molecule has 0 aliphatic carbocycles. The Morgan fingerprint density at radius 3 is 2.11 bits per heavy atom. The quantitative estimate of drug-likeness (QED) is 0.443. The minimum absolute atomic E-state index is 0.0946. The summed E-state index contributed by atoms with van der Waals surface area (Å²) in [6, 6.07) is 10.4. The highest BCUT2D eigenvalue weighted by Gasteiger charge is 2.60. The van der Waals surface area contributed by atoms with Crippen molar-refractivity contribution in [1.29, 1.82) is 0 Å². The summed E-state index contributed by atoms with van der Waals surface area (Å²) in [6.07, 6.45) is 0. The molecule has 0 radical (unpaired) electrons. The lowest BCUT2D eigenvalue weighted by Crippen LogP contribution is -2.30. The monoisotopic (exact) mass is 389 g/mol. The highest BCUT2D eigenvalue weighted by Crippen LogP contribution is 2.48. The lowest BCUT2D eigenvalue weighted by atomic mass is 10.1. The number of carbonyl (C=O) groups is 1. The summed E-state index contributed by atoms with van der Waals surface area (Å²) in [5, 5.41) is 10.8. The maximum atomic E-state index is 13.0. The number of benzene rings is 2. The van der Waals surface area contributed by atoms with Crippen LogP contribution in [-0.2, 0) is 14.8 Å². The molecule has 1 amide bonds. The molecule has 0 N–H and O–H groups in total. The van der Waals surface area contributed by atoms with Crippen molar-refractivity contribution in [3.05, 3.63) is 69.8 Å². The van der Waals surface area contributed by atoms with Crippen LogP contribution < -0.4 is 0 Å². The van der Waals surface area contributed by atoms with Crippen LogP contribution in [0.25, 0.3) is 0 Å². The molecule has 1 aliphatic rings. The highest BCUT2D eigenvalue weighted by atomic mass is 32.2. The van der Waals surface area contributed by atoms with Gasteiger partial charge in [-0.1, -0.05) is 29.8 Å². The van der Waals surface area contributed by atoms with E-state index in [1.165, 1.54) is 41.3 Å². The number of hydrogen-bond acceptors (Lipinski definition) is 5. The van der Waals surface area contributed by atoms with Crippen molar-refractivity contribution in [2.45, 2.75) is 23.9 Å². The van der Waals surface area contributed by atoms with Gasteiger partial charge in [0, 0.05) is 26.2 Å². The van der Waals surface area contributed by atoms with E-state index in [0.717, 1.165) is 9.87 Å². The first kappa shape index (κ1) is 19.0. The molecule has 1 saturated heterocycles. The largest absolute Gasteiger partial charge is 0.347 e. The zero-order chi connectivity index (χ0) is 19.9. The zero-order valence-electron chi connectivity index (χ0n) is 15.1. The minimum atomic E-state index is -3.88. The maximum absolute atomic E-state index is 13.0. The van der Waals surface area contributed by atoms with E-state index in [4.69, 9.17) is 0 Å². The average Bonchev–Trinajstić information content (AvgIpc) is 3.37. The van der Waals surface area contributed by atoms with Gasteiger partial charge in [0.25, 0.3) is 5.69 Å². The van der Waals surface area contributed by atoms with Crippen molar-refractivity contribution >= 4 is 21.6 Å². The zero-order valence-corrected chi connectivity index (χ0v) is 15.9. The van der Waals surface area contributed by atoms with Crippen molar-refractivity contribution < 1.29 is 18.1 Å². The molecule has 142 valence electrons. The van der Waals surface area contributed by atoms with Gasteiger partial charge >= 0.3 is 0 Å². The van der Waals surface area contributed by atoms with Crippen molar-refractivity contribution in [3.8, 4) is 0 Å². The van der Waals surface area contributed by atoms with Gasteiger partial charge in [0.05, 0.1) is 15.9 Å². The molecule has 2 aromatic rings. The number of carbonyl (C=O) groups excluding carboxylic acids is 1. The van der Waals surface area contributed by atoms with E-state index >= 15 is 0 Å². The van der Waals surface area contributed by atoms with Crippen LogP contribution in [0.15, 0.2) is 53.4 Å². The molecule has 2 aromatic carbocycles. The summed E-state index contributed by atoms with van der Waals surface area (Å²) in [4.78, 5) is 24.3. The number of nitro benzene ring substituents is 1. The number of rotatable bonds is 5. The van der Waals surface area contributed by atoms with Crippen LogP contribution >= 0.6 is 0 Å². The first-order valence-corrected chi connectivity index (χ1v) is 9.64. The van der Waals surface area contributed by atoms with E-state index in [2.05, 4.69) is 0 Å². The van der Waals surface area contributed by atoms with Crippen LogP contribution in [0, 0.1) is 17.0 Å². The second-order valence-electron chi connectivity index (χ2n) is 6.62. The van der Waals surface area contributed by atoms with E-state index < -0.39 is 27.0 Å². The predicted molar refractivity (Wildman–Crippen MR) is 98.5 cm³/mol. The average molecular weight is 389 g/mol. The number of nitrogens with zero attached hydrogens (tertiary/aromatic N) is 3. The number of aryl methyl sites for hydroxylation is 1. The van der Waals surface area contributed by atoms with Gasteiger partial charge < -0.3 is 4.90 Å². The van der Waals surface area contributed by atoms with E-state index in [-0.39, 0.29) is 16.5 Å². The van der Waals surface area contributed by atoms with Gasteiger partial charge in [-0.25, -0.2) is 8.42 Å². The first-order chi connectivity index (χ1) is 12.6. The second-order valence-corrected chi connectivity index (χ2v) is 8.46. The van der Waals surface area contributed by atoms with Gasteiger partial charge in [0.2, 0.25) is 15.9 Å². The molecule has 1 unspecified atom stereocenters. The number of hydrogen-bond donors (Lipinski definition) is 0. The van der Waals surface area contributed by atoms with E-state index in [0.29, 0.717) is 5.56 Å². The Kier molecular flexibility index (Phi) is 4.75. The molecule has 1 fully saturated rings. The fourth-order valence-corrected chi connectivity index (χ4v) is 4.68. The summed E-state index contributed by atoms with van der Waals surface area (Å²) in [5.41, 5.74) is 1.37. The lowest BCUT2D eigenvalue weighted by molar-refractivity contribution is -0.384. The molecule has 27 heavy (non-hydrogen) atoms. The van der Waals surface area contributed by atoms with E-state index in [1.807, 2.05) is 6.92 Å². The van der Waals surface area contributed by atoms with Gasteiger partial charge in [-0.05, 0) is 24.6 Å². The molecular formula is C18H19N3O5S. The number of likely N-dealkylation sites (N-methyl/N-ethyl adjacent to an activating group) is 1. The van der Waals surface area contributed by atoms with Crippen LogP contribution in [0.5, 0.6) is 0 Å². The molecule has 1 heterocycles. The van der Waals surface area contributed by atoms with E-state index in [1.54, 1.807) is 26.2 Å². The fourth-order valence-electron chi connectivity index (χ4n) is 2.97. The topological polar surface area (TPSA) is 101 Å². The van der Waals surface area contributed by atoms with Gasteiger partial charge in [-0.15, -0.1) is 0 Å². The van der Waals surface area contributed by atoms with Crippen LogP contribution in [-0.4, -0.2) is 48.6 Å². The Labute approximate surface area is 157 Å². The standard InChI is InChI=1S/C18H19N3O5S/c1-12-4-10-15(11-5-12)27(25,26)20-16(17(20)18(22)19(2)3)13-6-8-14(9-7-13)21(23)24/h4-11,16-17H,1-3H3/t16-,17-,20?/m0/s1. The van der Waals surface area contributed by atoms with Crippen molar-refractivity contribution in [2.24, 2.45) is 0 Å². The van der Waals surface area contributed by atoms with Crippen LogP contribution in [0.2, 0.25) is 0 Å². The van der Waals surface area contributed by atoms with Crippen LogP contribution in [0.3, 0.4) is 0 Å². The summed E-state index contributed by atoms with van der Waals surface area (Å²) in [5.74, 6) is -0.339. The smallest absolute Gasteiger partial charge is 0.269 e. The fraction of sp³-hybridized carbons (Fsp3) is 0.278. The Hall–Kier alpha value is -2.78. The molecule has 1 aliphatic heterocycles. The number of non-ortho nitro benzene ring substituents is 1. The Bertz CT molecular complexity index is 985. The molecule has 8 nitrogen and oxygen atoms in total. The third-order valence-corrected chi connectivity index (χ3v) is 6.37. The second kappa shape index (κ2) is 6.75. The summed E-state index contributed by atoms with van der Waals surface area (Å²) >= 11 is 0. The highest BCUT2D eigenvalue weighted by molar-refractivity contribution is 7.89. The number of amides is 1. The third kappa shape index (κ3) is 3.43. The van der Waals surface area contributed by atoms with Gasteiger partial charge in [0.1, 0.15) is 6.04 Å². The molecular weight excluding hydrogens is 370 g/mol. The summed E-state index contributed by atoms with van der Waals surface area (Å²) in [7, 11) is -0.763. The maximum Gasteiger partial charge on any atom is 0.269 e. The van der Waals surface area contributed by atoms with Crippen LogP contribution in [0.4, 0.5) is 5.69 Å². The lowest BCUT2D eigenvalue weighted by Gasteiger charge is -2.10. The summed E-state index contributed by atoms with van der Waals surface area (Å²) in [6.45, 7) is 1.85. The molecule has 0 spiro atoms. The van der Waals surface area contributed by atoms with Crippen molar-refractivity contribution in [1.82, 2.24) is 9.21 Å². The van der Waals surface area contributed by atoms with Gasteiger partial charge in [-0.3, -0.25) is 14.9 Å². The number of nitro groups is 1. The predicted octanol–water partition coefficient (Wildman–Crippen LogP) is 2.11. The van der Waals surface area contributed by atoms with Crippen molar-refractivity contribution in [2.75, 3.05) is 14.1 Å². The minimum Gasteiger partial charge on any atom is -0.347 e. The molecule has 0 bridgehead atoms.